The number of alkyl halides is 1. The Hall–Kier alpha value is -1.17. The largest absolute Gasteiger partial charge is 0.479 e. The van der Waals surface area contributed by atoms with Crippen molar-refractivity contribution < 1.29 is 23.8 Å². The molecule has 1 amide bonds. The number of nitrogens with zero attached hydrogens (tertiary/aromatic N) is 1. The number of aliphatic carboxylic acids is 1. The van der Waals surface area contributed by atoms with Gasteiger partial charge < -0.3 is 14.7 Å². The van der Waals surface area contributed by atoms with Gasteiger partial charge in [0, 0.05) is 32.6 Å². The molecule has 6 heteroatoms. The summed E-state index contributed by atoms with van der Waals surface area (Å²) in [6, 6.07) is 0. The van der Waals surface area contributed by atoms with Crippen molar-refractivity contribution in [3.63, 3.8) is 0 Å². The van der Waals surface area contributed by atoms with Gasteiger partial charge in [-0.1, -0.05) is 0 Å². The summed E-state index contributed by atoms with van der Waals surface area (Å²) in [7, 11) is 0. The molecule has 2 heterocycles. The maximum atomic E-state index is 13.9. The van der Waals surface area contributed by atoms with Gasteiger partial charge in [0.15, 0.2) is 0 Å². The lowest BCUT2D eigenvalue weighted by Crippen LogP contribution is -2.38. The Balaban J connectivity index is 1.69. The highest BCUT2D eigenvalue weighted by molar-refractivity contribution is 5.82. The lowest BCUT2D eigenvalue weighted by atomic mass is 9.94. The molecule has 1 unspecified atom stereocenters. The molecule has 1 atom stereocenters. The first-order valence-electron chi connectivity index (χ1n) is 7.29. The molecule has 1 N–H and O–H groups in total. The topological polar surface area (TPSA) is 66.8 Å². The van der Waals surface area contributed by atoms with E-state index in [9.17, 15) is 14.0 Å². The quantitative estimate of drug-likeness (QED) is 0.834. The summed E-state index contributed by atoms with van der Waals surface area (Å²) in [5.41, 5.74) is -2.25. The highest BCUT2D eigenvalue weighted by Gasteiger charge is 2.46. The second kappa shape index (κ2) is 6.52. The molecule has 2 aliphatic heterocycles. The summed E-state index contributed by atoms with van der Waals surface area (Å²) >= 11 is 0. The molecule has 0 bridgehead atoms. The lowest BCUT2D eigenvalue weighted by Gasteiger charge is -2.22. The fourth-order valence-corrected chi connectivity index (χ4v) is 2.90. The number of carboxylic acids is 1. The van der Waals surface area contributed by atoms with Crippen LogP contribution in [0.25, 0.3) is 0 Å². The number of hydrogen-bond donors (Lipinski definition) is 1. The molecule has 2 saturated heterocycles. The van der Waals surface area contributed by atoms with E-state index in [1.165, 1.54) is 4.90 Å². The Morgan fingerprint density at radius 3 is 2.65 bits per heavy atom. The molecule has 2 fully saturated rings. The predicted octanol–water partition coefficient (Wildman–Crippen LogP) is 1.61. The summed E-state index contributed by atoms with van der Waals surface area (Å²) < 4.78 is 19.1. The molecule has 2 aliphatic rings. The third kappa shape index (κ3) is 3.69. The normalized spacial score (nSPS) is 27.8. The van der Waals surface area contributed by atoms with Crippen LogP contribution in [0.4, 0.5) is 4.39 Å². The van der Waals surface area contributed by atoms with Gasteiger partial charge in [-0.15, -0.1) is 0 Å². The predicted molar refractivity (Wildman–Crippen MR) is 70.1 cm³/mol. The lowest BCUT2D eigenvalue weighted by molar-refractivity contribution is -0.150. The minimum absolute atomic E-state index is 0.103. The summed E-state index contributed by atoms with van der Waals surface area (Å²) in [6.45, 7) is 1.50. The summed E-state index contributed by atoms with van der Waals surface area (Å²) in [6.07, 6.45) is 4.14. The number of amides is 1. The molecule has 114 valence electrons. The van der Waals surface area contributed by atoms with E-state index in [1.54, 1.807) is 0 Å². The average molecular weight is 287 g/mol. The van der Waals surface area contributed by atoms with E-state index in [0.717, 1.165) is 38.9 Å². The first-order valence-corrected chi connectivity index (χ1v) is 7.29. The second-order valence-corrected chi connectivity index (χ2v) is 5.78. The Bertz CT molecular complexity index is 370. The number of likely N-dealkylation sites (tertiary alicyclic amines) is 1. The zero-order valence-electron chi connectivity index (χ0n) is 11.6. The Kier molecular flexibility index (Phi) is 4.96. The molecule has 0 saturated carbocycles. The first-order chi connectivity index (χ1) is 9.51. The van der Waals surface area contributed by atoms with Gasteiger partial charge in [-0.3, -0.25) is 4.79 Å². The highest BCUT2D eigenvalue weighted by Crippen LogP contribution is 2.27. The van der Waals surface area contributed by atoms with Crippen molar-refractivity contribution in [1.82, 2.24) is 4.90 Å². The highest BCUT2D eigenvalue weighted by atomic mass is 19.1. The van der Waals surface area contributed by atoms with Crippen molar-refractivity contribution in [3.05, 3.63) is 0 Å². The first kappa shape index (κ1) is 15.2. The standard InChI is InChI=1S/C14H22FNO4/c15-14(13(18)19)6-7-16(10-14)12(17)3-1-2-11-4-8-20-9-5-11/h11H,1-10H2,(H,18,19). The monoisotopic (exact) mass is 287 g/mol. The number of hydrogen-bond acceptors (Lipinski definition) is 3. The van der Waals surface area contributed by atoms with Crippen LogP contribution >= 0.6 is 0 Å². The smallest absolute Gasteiger partial charge is 0.343 e. The van der Waals surface area contributed by atoms with E-state index in [2.05, 4.69) is 0 Å². The van der Waals surface area contributed by atoms with Crippen LogP contribution in [0.15, 0.2) is 0 Å². The van der Waals surface area contributed by atoms with E-state index in [1.807, 2.05) is 0 Å². The number of halogens is 1. The number of carbonyl (C=O) groups excluding carboxylic acids is 1. The Morgan fingerprint density at radius 1 is 1.35 bits per heavy atom. The zero-order valence-corrected chi connectivity index (χ0v) is 11.6. The minimum Gasteiger partial charge on any atom is -0.479 e. The van der Waals surface area contributed by atoms with E-state index >= 15 is 0 Å². The van der Waals surface area contributed by atoms with Gasteiger partial charge in [-0.2, -0.15) is 0 Å². The van der Waals surface area contributed by atoms with Crippen molar-refractivity contribution >= 4 is 11.9 Å². The van der Waals surface area contributed by atoms with Crippen LogP contribution < -0.4 is 0 Å². The van der Waals surface area contributed by atoms with Crippen LogP contribution in [0, 0.1) is 5.92 Å². The SMILES string of the molecule is O=C(CCCC1CCOCC1)N1CCC(F)(C(=O)O)C1. The van der Waals surface area contributed by atoms with Gasteiger partial charge in [0.2, 0.25) is 11.6 Å². The van der Waals surface area contributed by atoms with Crippen molar-refractivity contribution in [2.45, 2.75) is 44.2 Å². The van der Waals surface area contributed by atoms with Gasteiger partial charge in [-0.05, 0) is 31.6 Å². The van der Waals surface area contributed by atoms with E-state index in [-0.39, 0.29) is 25.4 Å². The molecule has 0 radical (unpaired) electrons. The molecule has 0 aromatic rings. The number of carboxylic acid groups (broad SMARTS) is 1. The van der Waals surface area contributed by atoms with Crippen molar-refractivity contribution in [3.8, 4) is 0 Å². The summed E-state index contributed by atoms with van der Waals surface area (Å²) in [5.74, 6) is -0.970. The molecule has 0 spiro atoms. The van der Waals surface area contributed by atoms with Crippen LogP contribution in [-0.4, -0.2) is 53.9 Å². The molecule has 5 nitrogen and oxygen atoms in total. The number of ether oxygens (including phenoxy) is 1. The number of rotatable bonds is 5. The van der Waals surface area contributed by atoms with Crippen molar-refractivity contribution in [2.75, 3.05) is 26.3 Å². The fourth-order valence-electron chi connectivity index (χ4n) is 2.90. The fraction of sp³-hybridized carbons (Fsp3) is 0.857. The third-order valence-corrected chi connectivity index (χ3v) is 4.30. The Labute approximate surface area is 118 Å². The van der Waals surface area contributed by atoms with Crippen LogP contribution in [0.2, 0.25) is 0 Å². The number of carbonyl (C=O) groups is 2. The maximum Gasteiger partial charge on any atom is 0.343 e. The van der Waals surface area contributed by atoms with E-state index in [0.29, 0.717) is 12.3 Å². The maximum absolute atomic E-state index is 13.9. The van der Waals surface area contributed by atoms with Crippen LogP contribution in [-0.2, 0) is 14.3 Å². The van der Waals surface area contributed by atoms with Crippen LogP contribution in [0.5, 0.6) is 0 Å². The van der Waals surface area contributed by atoms with Gasteiger partial charge >= 0.3 is 5.97 Å². The molecule has 20 heavy (non-hydrogen) atoms. The van der Waals surface area contributed by atoms with Gasteiger partial charge in [0.05, 0.1) is 6.54 Å². The van der Waals surface area contributed by atoms with Crippen LogP contribution in [0.1, 0.15) is 38.5 Å². The van der Waals surface area contributed by atoms with Crippen molar-refractivity contribution in [2.24, 2.45) is 5.92 Å². The molecule has 0 aromatic heterocycles. The Morgan fingerprint density at radius 2 is 2.05 bits per heavy atom. The molecular weight excluding hydrogens is 265 g/mol. The van der Waals surface area contributed by atoms with Gasteiger partial charge in [0.1, 0.15) is 0 Å². The zero-order chi connectivity index (χ0) is 14.6. The molecular formula is C14H22FNO4. The summed E-state index contributed by atoms with van der Waals surface area (Å²) in [4.78, 5) is 24.1. The molecule has 0 aromatic carbocycles. The summed E-state index contributed by atoms with van der Waals surface area (Å²) in [5, 5.41) is 8.79. The van der Waals surface area contributed by atoms with E-state index in [4.69, 9.17) is 9.84 Å². The van der Waals surface area contributed by atoms with Gasteiger partial charge in [-0.25, -0.2) is 9.18 Å². The average Bonchev–Trinajstić information content (AvgIpc) is 2.84. The van der Waals surface area contributed by atoms with E-state index < -0.39 is 11.6 Å². The van der Waals surface area contributed by atoms with Gasteiger partial charge in [0.25, 0.3) is 0 Å². The van der Waals surface area contributed by atoms with Crippen LogP contribution in [0.3, 0.4) is 0 Å². The molecule has 0 aliphatic carbocycles. The molecule has 2 rings (SSSR count). The third-order valence-electron chi connectivity index (χ3n) is 4.30. The minimum atomic E-state index is -2.25. The van der Waals surface area contributed by atoms with Crippen molar-refractivity contribution in [1.29, 1.82) is 0 Å². The second-order valence-electron chi connectivity index (χ2n) is 5.78.